The summed E-state index contributed by atoms with van der Waals surface area (Å²) in [7, 11) is 0. The Morgan fingerprint density at radius 3 is 2.60 bits per heavy atom. The number of hydrogen-bond acceptors (Lipinski definition) is 3. The molecule has 0 aliphatic carbocycles. The van der Waals surface area contributed by atoms with Crippen molar-refractivity contribution in [3.05, 3.63) is 60.1 Å². The second kappa shape index (κ2) is 7.88. The molecule has 0 aliphatic heterocycles. The molecule has 0 amide bonds. The van der Waals surface area contributed by atoms with Crippen LogP contribution in [-0.2, 0) is 12.8 Å². The van der Waals surface area contributed by atoms with Gasteiger partial charge in [0.05, 0.1) is 12.9 Å². The maximum atomic E-state index is 9.51. The molecule has 0 spiro atoms. The molecule has 2 atom stereocenters. The van der Waals surface area contributed by atoms with E-state index in [1.165, 1.54) is 5.56 Å². The number of furan rings is 1. The van der Waals surface area contributed by atoms with Crippen molar-refractivity contribution in [2.45, 2.75) is 38.3 Å². The molecule has 0 saturated heterocycles. The molecule has 0 radical (unpaired) electrons. The summed E-state index contributed by atoms with van der Waals surface area (Å²) >= 11 is 0. The molecule has 3 nitrogen and oxygen atoms in total. The summed E-state index contributed by atoms with van der Waals surface area (Å²) in [4.78, 5) is 0. The standard InChI is InChI=1S/C17H23NO2/c1-14(9-10-17-8-5-11-20-17)18-16(13-19)12-15-6-3-2-4-7-15/h2-8,11,14,16,18-19H,9-10,12-13H2,1H3/t14?,16-/m1/s1. The number of hydrogen-bond donors (Lipinski definition) is 2. The van der Waals surface area contributed by atoms with Crippen LogP contribution in [0.4, 0.5) is 0 Å². The van der Waals surface area contributed by atoms with Crippen molar-refractivity contribution < 1.29 is 9.52 Å². The van der Waals surface area contributed by atoms with Crippen molar-refractivity contribution in [2.75, 3.05) is 6.61 Å². The summed E-state index contributed by atoms with van der Waals surface area (Å²) in [6.45, 7) is 2.30. The molecule has 0 saturated carbocycles. The molecule has 2 aromatic rings. The van der Waals surface area contributed by atoms with Gasteiger partial charge in [0.1, 0.15) is 5.76 Å². The lowest BCUT2D eigenvalue weighted by Crippen LogP contribution is -2.40. The summed E-state index contributed by atoms with van der Waals surface area (Å²) in [5.74, 6) is 1.02. The van der Waals surface area contributed by atoms with Crippen LogP contribution in [0.15, 0.2) is 53.1 Å². The highest BCUT2D eigenvalue weighted by molar-refractivity contribution is 5.16. The second-order valence-electron chi connectivity index (χ2n) is 5.25. The van der Waals surface area contributed by atoms with E-state index in [-0.39, 0.29) is 12.6 Å². The zero-order valence-corrected chi connectivity index (χ0v) is 12.0. The SMILES string of the molecule is CC(CCc1ccco1)N[C@@H](CO)Cc1ccccc1. The molecular formula is C17H23NO2. The Morgan fingerprint density at radius 2 is 1.95 bits per heavy atom. The van der Waals surface area contributed by atoms with E-state index in [1.807, 2.05) is 30.3 Å². The molecule has 2 N–H and O–H groups in total. The van der Waals surface area contributed by atoms with Crippen LogP contribution >= 0.6 is 0 Å². The molecule has 2 rings (SSSR count). The molecule has 3 heteroatoms. The molecule has 108 valence electrons. The first kappa shape index (κ1) is 14.8. The van der Waals surface area contributed by atoms with Crippen LogP contribution < -0.4 is 5.32 Å². The third kappa shape index (κ3) is 4.83. The first-order valence-corrected chi connectivity index (χ1v) is 7.21. The Bertz CT molecular complexity index is 467. The van der Waals surface area contributed by atoms with Gasteiger partial charge in [-0.25, -0.2) is 0 Å². The Hall–Kier alpha value is -1.58. The summed E-state index contributed by atoms with van der Waals surface area (Å²) in [6.07, 6.45) is 4.48. The average Bonchev–Trinajstić information content (AvgIpc) is 2.99. The van der Waals surface area contributed by atoms with Gasteiger partial charge in [0.25, 0.3) is 0 Å². The van der Waals surface area contributed by atoms with Crippen molar-refractivity contribution in [2.24, 2.45) is 0 Å². The minimum Gasteiger partial charge on any atom is -0.469 e. The number of aryl methyl sites for hydroxylation is 1. The van der Waals surface area contributed by atoms with E-state index in [4.69, 9.17) is 4.42 Å². The van der Waals surface area contributed by atoms with E-state index in [0.29, 0.717) is 6.04 Å². The summed E-state index contributed by atoms with van der Waals surface area (Å²) in [5, 5.41) is 13.0. The molecular weight excluding hydrogens is 250 g/mol. The Labute approximate surface area is 120 Å². The first-order chi connectivity index (χ1) is 9.78. The Kier molecular flexibility index (Phi) is 5.84. The van der Waals surface area contributed by atoms with E-state index in [2.05, 4.69) is 24.4 Å². The zero-order valence-electron chi connectivity index (χ0n) is 12.0. The highest BCUT2D eigenvalue weighted by Crippen LogP contribution is 2.08. The third-order valence-corrected chi connectivity index (χ3v) is 3.47. The van der Waals surface area contributed by atoms with Crippen LogP contribution in [-0.4, -0.2) is 23.8 Å². The van der Waals surface area contributed by atoms with Crippen molar-refractivity contribution in [1.29, 1.82) is 0 Å². The maximum Gasteiger partial charge on any atom is 0.103 e. The molecule has 1 aromatic carbocycles. The van der Waals surface area contributed by atoms with Gasteiger partial charge in [-0.15, -0.1) is 0 Å². The highest BCUT2D eigenvalue weighted by atomic mass is 16.3. The van der Waals surface area contributed by atoms with Gasteiger partial charge >= 0.3 is 0 Å². The van der Waals surface area contributed by atoms with Crippen molar-refractivity contribution in [3.8, 4) is 0 Å². The van der Waals surface area contributed by atoms with Gasteiger partial charge in [-0.3, -0.25) is 0 Å². The number of rotatable bonds is 8. The number of benzene rings is 1. The smallest absolute Gasteiger partial charge is 0.103 e. The van der Waals surface area contributed by atoms with E-state index in [0.717, 1.165) is 25.0 Å². The lowest BCUT2D eigenvalue weighted by molar-refractivity contribution is 0.230. The minimum absolute atomic E-state index is 0.101. The van der Waals surface area contributed by atoms with E-state index in [1.54, 1.807) is 6.26 Å². The fraction of sp³-hybridized carbons (Fsp3) is 0.412. The molecule has 0 fully saturated rings. The normalized spacial score (nSPS) is 14.1. The van der Waals surface area contributed by atoms with Gasteiger partial charge in [0, 0.05) is 18.5 Å². The minimum atomic E-state index is 0.101. The Morgan fingerprint density at radius 1 is 1.15 bits per heavy atom. The second-order valence-corrected chi connectivity index (χ2v) is 5.25. The zero-order chi connectivity index (χ0) is 14.2. The summed E-state index contributed by atoms with van der Waals surface area (Å²) < 4.78 is 5.33. The van der Waals surface area contributed by atoms with Gasteiger partial charge in [-0.2, -0.15) is 0 Å². The van der Waals surface area contributed by atoms with Crippen molar-refractivity contribution >= 4 is 0 Å². The third-order valence-electron chi connectivity index (χ3n) is 3.47. The monoisotopic (exact) mass is 273 g/mol. The lowest BCUT2D eigenvalue weighted by atomic mass is 10.0. The average molecular weight is 273 g/mol. The topological polar surface area (TPSA) is 45.4 Å². The quantitative estimate of drug-likeness (QED) is 0.777. The molecule has 20 heavy (non-hydrogen) atoms. The molecule has 1 aromatic heterocycles. The van der Waals surface area contributed by atoms with E-state index < -0.39 is 0 Å². The maximum absolute atomic E-state index is 9.51. The molecule has 0 aliphatic rings. The van der Waals surface area contributed by atoms with Crippen LogP contribution in [0.25, 0.3) is 0 Å². The van der Waals surface area contributed by atoms with Crippen LogP contribution in [0.1, 0.15) is 24.7 Å². The number of nitrogens with one attached hydrogen (secondary N) is 1. The largest absolute Gasteiger partial charge is 0.469 e. The van der Waals surface area contributed by atoms with Gasteiger partial charge < -0.3 is 14.8 Å². The van der Waals surface area contributed by atoms with E-state index >= 15 is 0 Å². The van der Waals surface area contributed by atoms with Gasteiger partial charge in [-0.1, -0.05) is 30.3 Å². The van der Waals surface area contributed by atoms with Gasteiger partial charge in [-0.05, 0) is 37.5 Å². The highest BCUT2D eigenvalue weighted by Gasteiger charge is 2.12. The summed E-state index contributed by atoms with van der Waals surface area (Å²) in [5.41, 5.74) is 1.25. The van der Waals surface area contributed by atoms with Crippen molar-refractivity contribution in [3.63, 3.8) is 0 Å². The first-order valence-electron chi connectivity index (χ1n) is 7.21. The molecule has 1 unspecified atom stereocenters. The Balaban J connectivity index is 1.77. The van der Waals surface area contributed by atoms with Crippen LogP contribution in [0.2, 0.25) is 0 Å². The fourth-order valence-corrected chi connectivity index (χ4v) is 2.37. The van der Waals surface area contributed by atoms with E-state index in [9.17, 15) is 5.11 Å². The van der Waals surface area contributed by atoms with Crippen molar-refractivity contribution in [1.82, 2.24) is 5.32 Å². The fourth-order valence-electron chi connectivity index (χ4n) is 2.37. The van der Waals surface area contributed by atoms with Gasteiger partial charge in [0.2, 0.25) is 0 Å². The van der Waals surface area contributed by atoms with Crippen LogP contribution in [0, 0.1) is 0 Å². The predicted octanol–water partition coefficient (Wildman–Crippen LogP) is 2.79. The lowest BCUT2D eigenvalue weighted by Gasteiger charge is -2.21. The number of aliphatic hydroxyl groups excluding tert-OH is 1. The van der Waals surface area contributed by atoms with Gasteiger partial charge in [0.15, 0.2) is 0 Å². The van der Waals surface area contributed by atoms with Crippen LogP contribution in [0.3, 0.4) is 0 Å². The molecule has 1 heterocycles. The predicted molar refractivity (Wildman–Crippen MR) is 80.6 cm³/mol. The summed E-state index contributed by atoms with van der Waals surface area (Å²) in [6, 6.07) is 14.6. The molecule has 0 bridgehead atoms. The van der Waals surface area contributed by atoms with Crippen LogP contribution in [0.5, 0.6) is 0 Å². The number of aliphatic hydroxyl groups is 1.